The Kier molecular flexibility index (Phi) is 7.08. The molecule has 2 aromatic rings. The summed E-state index contributed by atoms with van der Waals surface area (Å²) in [7, 11) is 0. The van der Waals surface area contributed by atoms with Gasteiger partial charge >= 0.3 is 0 Å². The fourth-order valence-electron chi connectivity index (χ4n) is 3.94. The number of hydrogen-bond acceptors (Lipinski definition) is 2. The van der Waals surface area contributed by atoms with Crippen molar-refractivity contribution in [2.24, 2.45) is 5.92 Å². The Morgan fingerprint density at radius 1 is 0.880 bits per heavy atom. The van der Waals surface area contributed by atoms with Crippen LogP contribution in [0.4, 0.5) is 0 Å². The van der Waals surface area contributed by atoms with E-state index in [1.54, 1.807) is 0 Å². The van der Waals surface area contributed by atoms with E-state index in [0.29, 0.717) is 5.92 Å². The molecule has 0 saturated heterocycles. The Morgan fingerprint density at radius 3 is 2.08 bits per heavy atom. The molecule has 1 N–H and O–H groups in total. The normalized spacial score (nSPS) is 18.0. The molecule has 2 heteroatoms. The minimum absolute atomic E-state index is 0.112. The smallest absolute Gasteiger partial charge is 0.104 e. The number of rotatable bonds is 8. The lowest BCUT2D eigenvalue weighted by Gasteiger charge is -2.32. The van der Waals surface area contributed by atoms with Gasteiger partial charge in [-0.15, -0.1) is 0 Å². The van der Waals surface area contributed by atoms with Crippen molar-refractivity contribution in [1.82, 2.24) is 5.48 Å². The van der Waals surface area contributed by atoms with Crippen molar-refractivity contribution in [3.05, 3.63) is 71.8 Å². The van der Waals surface area contributed by atoms with E-state index in [4.69, 9.17) is 4.84 Å². The second-order valence-corrected chi connectivity index (χ2v) is 7.21. The number of hydroxylamine groups is 1. The van der Waals surface area contributed by atoms with E-state index in [9.17, 15) is 0 Å². The van der Waals surface area contributed by atoms with Crippen LogP contribution in [-0.4, -0.2) is 0 Å². The van der Waals surface area contributed by atoms with Gasteiger partial charge in [0.25, 0.3) is 0 Å². The third-order valence-corrected chi connectivity index (χ3v) is 5.34. The van der Waals surface area contributed by atoms with Crippen molar-refractivity contribution in [1.29, 1.82) is 0 Å². The summed E-state index contributed by atoms with van der Waals surface area (Å²) in [4.78, 5) is 6.29. The monoisotopic (exact) mass is 337 g/mol. The molecule has 1 aliphatic carbocycles. The predicted molar refractivity (Wildman–Crippen MR) is 104 cm³/mol. The highest BCUT2D eigenvalue weighted by Crippen LogP contribution is 2.35. The predicted octanol–water partition coefficient (Wildman–Crippen LogP) is 6.37. The van der Waals surface area contributed by atoms with Crippen LogP contribution in [0.5, 0.6) is 0 Å². The van der Waals surface area contributed by atoms with E-state index < -0.39 is 0 Å². The summed E-state index contributed by atoms with van der Waals surface area (Å²) in [6.45, 7) is 2.22. The zero-order valence-electron chi connectivity index (χ0n) is 15.4. The molecule has 0 aliphatic heterocycles. The summed E-state index contributed by atoms with van der Waals surface area (Å²) in [5.41, 5.74) is 6.09. The Balaban J connectivity index is 1.72. The summed E-state index contributed by atoms with van der Waals surface area (Å²) in [6.07, 6.45) is 8.89. The van der Waals surface area contributed by atoms with Gasteiger partial charge in [-0.3, -0.25) is 4.84 Å². The zero-order valence-corrected chi connectivity index (χ0v) is 15.4. The van der Waals surface area contributed by atoms with E-state index in [2.05, 4.69) is 73.1 Å². The van der Waals surface area contributed by atoms with E-state index >= 15 is 0 Å². The summed E-state index contributed by atoms with van der Waals surface area (Å²) >= 11 is 0. The maximum Gasteiger partial charge on any atom is 0.104 e. The van der Waals surface area contributed by atoms with E-state index in [0.717, 1.165) is 12.8 Å². The fourth-order valence-corrected chi connectivity index (χ4v) is 3.94. The van der Waals surface area contributed by atoms with Crippen LogP contribution in [-0.2, 0) is 4.84 Å². The topological polar surface area (TPSA) is 21.3 Å². The SMILES string of the molecule is CCC[C@@H](ONC(c1ccccc1)C1CCCCC1)c1ccccc1. The standard InChI is InChI=1S/C23H31NO/c1-2-12-22(19-13-6-3-7-14-19)25-24-23(20-15-8-4-9-16-20)21-17-10-5-11-18-21/h3-4,6-9,13-16,21-24H,2,5,10-12,17-18H2,1H3/t22-,23?/m1/s1. The van der Waals surface area contributed by atoms with Crippen LogP contribution in [0.2, 0.25) is 0 Å². The highest BCUT2D eigenvalue weighted by Gasteiger charge is 2.26. The first-order valence-corrected chi connectivity index (χ1v) is 9.89. The van der Waals surface area contributed by atoms with Crippen LogP contribution < -0.4 is 5.48 Å². The number of benzene rings is 2. The largest absolute Gasteiger partial charge is 0.293 e. The number of hydrogen-bond donors (Lipinski definition) is 1. The molecule has 25 heavy (non-hydrogen) atoms. The molecule has 2 aromatic carbocycles. The van der Waals surface area contributed by atoms with Crippen molar-refractivity contribution >= 4 is 0 Å². The maximum atomic E-state index is 6.29. The molecule has 0 amide bonds. The van der Waals surface area contributed by atoms with Crippen LogP contribution in [0.3, 0.4) is 0 Å². The molecule has 1 unspecified atom stereocenters. The van der Waals surface area contributed by atoms with E-state index in [-0.39, 0.29) is 12.1 Å². The molecule has 2 nitrogen and oxygen atoms in total. The van der Waals surface area contributed by atoms with E-state index in [1.165, 1.54) is 43.2 Å². The minimum atomic E-state index is 0.112. The van der Waals surface area contributed by atoms with Gasteiger partial charge in [-0.05, 0) is 36.3 Å². The molecule has 0 aromatic heterocycles. The van der Waals surface area contributed by atoms with Crippen LogP contribution in [0.1, 0.15) is 75.1 Å². The van der Waals surface area contributed by atoms with Gasteiger partial charge in [0.15, 0.2) is 0 Å². The van der Waals surface area contributed by atoms with Gasteiger partial charge < -0.3 is 0 Å². The minimum Gasteiger partial charge on any atom is -0.293 e. The first kappa shape index (κ1) is 18.2. The highest BCUT2D eigenvalue weighted by molar-refractivity contribution is 5.20. The van der Waals surface area contributed by atoms with Gasteiger partial charge in [-0.1, -0.05) is 93.3 Å². The second-order valence-electron chi connectivity index (χ2n) is 7.21. The van der Waals surface area contributed by atoms with Crippen molar-refractivity contribution in [2.75, 3.05) is 0 Å². The molecule has 1 fully saturated rings. The van der Waals surface area contributed by atoms with Crippen LogP contribution in [0.25, 0.3) is 0 Å². The molecular weight excluding hydrogens is 306 g/mol. The first-order chi connectivity index (χ1) is 12.4. The van der Waals surface area contributed by atoms with Gasteiger partial charge in [0.2, 0.25) is 0 Å². The molecule has 134 valence electrons. The lowest BCUT2D eigenvalue weighted by Crippen LogP contribution is -2.31. The Labute approximate surface area is 152 Å². The first-order valence-electron chi connectivity index (χ1n) is 9.89. The van der Waals surface area contributed by atoms with Gasteiger partial charge in [-0.25, -0.2) is 0 Å². The molecule has 3 rings (SSSR count). The molecule has 0 bridgehead atoms. The molecule has 1 aliphatic rings. The Morgan fingerprint density at radius 2 is 1.48 bits per heavy atom. The number of nitrogens with one attached hydrogen (secondary N) is 1. The lowest BCUT2D eigenvalue weighted by molar-refractivity contribution is -0.0639. The third-order valence-electron chi connectivity index (χ3n) is 5.34. The Hall–Kier alpha value is -1.64. The van der Waals surface area contributed by atoms with Crippen molar-refractivity contribution in [2.45, 2.75) is 64.0 Å². The van der Waals surface area contributed by atoms with Gasteiger partial charge in [0, 0.05) is 0 Å². The molecular formula is C23H31NO. The highest BCUT2D eigenvalue weighted by atomic mass is 16.7. The summed E-state index contributed by atoms with van der Waals surface area (Å²) < 4.78 is 0. The van der Waals surface area contributed by atoms with Crippen LogP contribution >= 0.6 is 0 Å². The van der Waals surface area contributed by atoms with Gasteiger partial charge in [-0.2, -0.15) is 5.48 Å². The molecule has 0 heterocycles. The quantitative estimate of drug-likeness (QED) is 0.565. The van der Waals surface area contributed by atoms with Crippen molar-refractivity contribution < 1.29 is 4.84 Å². The molecule has 1 saturated carbocycles. The summed E-state index contributed by atoms with van der Waals surface area (Å²) in [6, 6.07) is 21.7. The molecule has 2 atom stereocenters. The zero-order chi connectivity index (χ0) is 17.3. The van der Waals surface area contributed by atoms with Crippen LogP contribution in [0, 0.1) is 5.92 Å². The summed E-state index contributed by atoms with van der Waals surface area (Å²) in [5, 5.41) is 0. The fraction of sp³-hybridized carbons (Fsp3) is 0.478. The molecule has 0 spiro atoms. The third kappa shape index (κ3) is 5.17. The second kappa shape index (κ2) is 9.74. The maximum absolute atomic E-state index is 6.29. The summed E-state index contributed by atoms with van der Waals surface area (Å²) in [5.74, 6) is 0.661. The van der Waals surface area contributed by atoms with Gasteiger partial charge in [0.1, 0.15) is 6.10 Å². The van der Waals surface area contributed by atoms with Gasteiger partial charge in [0.05, 0.1) is 6.04 Å². The lowest BCUT2D eigenvalue weighted by atomic mass is 9.81. The van der Waals surface area contributed by atoms with Crippen molar-refractivity contribution in [3.63, 3.8) is 0 Å². The molecule has 0 radical (unpaired) electrons. The Bertz CT molecular complexity index is 592. The van der Waals surface area contributed by atoms with Crippen molar-refractivity contribution in [3.8, 4) is 0 Å². The van der Waals surface area contributed by atoms with Crippen LogP contribution in [0.15, 0.2) is 60.7 Å². The van der Waals surface area contributed by atoms with E-state index in [1.807, 2.05) is 0 Å². The average Bonchev–Trinajstić information content (AvgIpc) is 2.70. The average molecular weight is 338 g/mol.